The predicted octanol–water partition coefficient (Wildman–Crippen LogP) is 2.48. The summed E-state index contributed by atoms with van der Waals surface area (Å²) in [6.45, 7) is 0.887. The Bertz CT molecular complexity index is 542. The van der Waals surface area contributed by atoms with E-state index in [4.69, 9.17) is 16.7 Å². The first kappa shape index (κ1) is 14.6. The van der Waals surface area contributed by atoms with Gasteiger partial charge in [-0.15, -0.1) is 0 Å². The highest BCUT2D eigenvalue weighted by atomic mass is 35.5. The van der Waals surface area contributed by atoms with E-state index in [1.54, 1.807) is 29.2 Å². The summed E-state index contributed by atoms with van der Waals surface area (Å²) in [4.78, 5) is 24.6. The van der Waals surface area contributed by atoms with Crippen molar-refractivity contribution in [3.63, 3.8) is 0 Å². The average molecular weight is 293 g/mol. The molecule has 20 heavy (non-hydrogen) atoms. The molecule has 0 aromatic heterocycles. The highest BCUT2D eigenvalue weighted by molar-refractivity contribution is 6.30. The maximum absolute atomic E-state index is 12.0. The number of nitrogens with zero attached hydrogens (tertiary/aromatic N) is 1. The van der Waals surface area contributed by atoms with E-state index < -0.39 is 11.9 Å². The molecule has 1 unspecified atom stereocenters. The molecule has 1 aliphatic rings. The van der Waals surface area contributed by atoms with E-state index >= 15 is 0 Å². The van der Waals surface area contributed by atoms with Crippen LogP contribution in [-0.2, 0) is 9.59 Å². The van der Waals surface area contributed by atoms with Crippen LogP contribution in [0, 0.1) is 12.0 Å². The van der Waals surface area contributed by atoms with Crippen LogP contribution in [0.5, 0.6) is 0 Å². The number of rotatable bonds is 3. The third-order valence-electron chi connectivity index (χ3n) is 3.29. The van der Waals surface area contributed by atoms with Crippen LogP contribution in [-0.4, -0.2) is 35.0 Å². The minimum atomic E-state index is -0.836. The molecule has 1 atom stereocenters. The molecule has 1 fully saturated rings. The highest BCUT2D eigenvalue weighted by Gasteiger charge is 2.26. The molecule has 1 aliphatic heterocycles. The average Bonchev–Trinajstić information content (AvgIpc) is 2.45. The van der Waals surface area contributed by atoms with Gasteiger partial charge in [-0.25, -0.2) is 0 Å². The van der Waals surface area contributed by atoms with Crippen molar-refractivity contribution in [3.8, 4) is 0 Å². The zero-order valence-corrected chi connectivity index (χ0v) is 11.6. The highest BCUT2D eigenvalue weighted by Crippen LogP contribution is 2.17. The van der Waals surface area contributed by atoms with Crippen LogP contribution >= 0.6 is 11.6 Å². The quantitative estimate of drug-likeness (QED) is 0.871. The lowest BCUT2D eigenvalue weighted by atomic mass is 9.98. The van der Waals surface area contributed by atoms with E-state index in [9.17, 15) is 9.59 Å². The molecular formula is C15H15ClNO3. The van der Waals surface area contributed by atoms with Crippen LogP contribution in [0.15, 0.2) is 24.3 Å². The number of halogens is 1. The lowest BCUT2D eigenvalue weighted by Crippen LogP contribution is -2.41. The summed E-state index contributed by atoms with van der Waals surface area (Å²) in [5, 5.41) is 9.49. The van der Waals surface area contributed by atoms with E-state index in [0.717, 1.165) is 12.0 Å². The summed E-state index contributed by atoms with van der Waals surface area (Å²) in [5.41, 5.74) is 0.814. The number of hydrogen-bond donors (Lipinski definition) is 1. The van der Waals surface area contributed by atoms with Gasteiger partial charge in [0.2, 0.25) is 5.91 Å². The fraction of sp³-hybridized carbons (Fsp3) is 0.333. The molecule has 0 spiro atoms. The third-order valence-corrected chi connectivity index (χ3v) is 3.51. The number of likely N-dealkylation sites (tertiary alicyclic amines) is 1. The minimum Gasteiger partial charge on any atom is -0.481 e. The van der Waals surface area contributed by atoms with Crippen LogP contribution in [0.4, 0.5) is 0 Å². The van der Waals surface area contributed by atoms with E-state index in [0.29, 0.717) is 18.0 Å². The Kier molecular flexibility index (Phi) is 4.79. The van der Waals surface area contributed by atoms with E-state index in [1.807, 2.05) is 0 Å². The van der Waals surface area contributed by atoms with Gasteiger partial charge >= 0.3 is 5.97 Å². The fourth-order valence-corrected chi connectivity index (χ4v) is 2.40. The van der Waals surface area contributed by atoms with Gasteiger partial charge in [-0.3, -0.25) is 9.59 Å². The summed E-state index contributed by atoms with van der Waals surface area (Å²) in [6, 6.07) is 8.01. The molecule has 0 bridgehead atoms. The Labute approximate surface area is 122 Å². The SMILES string of the molecule is O=C(O)C1CCCN(C(=O)/C=C/c2cc[c]c(Cl)c2)C1. The van der Waals surface area contributed by atoms with Crippen LogP contribution in [0.3, 0.4) is 0 Å². The summed E-state index contributed by atoms with van der Waals surface area (Å²) >= 11 is 5.81. The molecule has 0 aliphatic carbocycles. The van der Waals surface area contributed by atoms with Crippen molar-refractivity contribution in [3.05, 3.63) is 40.9 Å². The van der Waals surface area contributed by atoms with Gasteiger partial charge in [0, 0.05) is 30.3 Å². The number of aliphatic carboxylic acids is 1. The summed E-state index contributed by atoms with van der Waals surface area (Å²) in [5.74, 6) is -1.46. The van der Waals surface area contributed by atoms with Gasteiger partial charge in [0.25, 0.3) is 0 Å². The van der Waals surface area contributed by atoms with Crippen LogP contribution in [0.1, 0.15) is 18.4 Å². The van der Waals surface area contributed by atoms with E-state index in [-0.39, 0.29) is 12.5 Å². The second kappa shape index (κ2) is 6.57. The normalized spacial score (nSPS) is 19.2. The number of piperidine rings is 1. The van der Waals surface area contributed by atoms with Crippen molar-refractivity contribution in [2.24, 2.45) is 5.92 Å². The van der Waals surface area contributed by atoms with Gasteiger partial charge < -0.3 is 10.0 Å². The van der Waals surface area contributed by atoms with E-state index in [1.165, 1.54) is 6.08 Å². The Balaban J connectivity index is 1.99. The van der Waals surface area contributed by atoms with Gasteiger partial charge in [-0.2, -0.15) is 0 Å². The van der Waals surface area contributed by atoms with Crippen molar-refractivity contribution >= 4 is 29.6 Å². The van der Waals surface area contributed by atoms with Crippen molar-refractivity contribution in [2.75, 3.05) is 13.1 Å². The zero-order chi connectivity index (χ0) is 14.5. The summed E-state index contributed by atoms with van der Waals surface area (Å²) in [7, 11) is 0. The Morgan fingerprint density at radius 2 is 2.30 bits per heavy atom. The van der Waals surface area contributed by atoms with Crippen molar-refractivity contribution < 1.29 is 14.7 Å². The number of carboxylic acid groups (broad SMARTS) is 1. The van der Waals surface area contributed by atoms with Crippen molar-refractivity contribution in [2.45, 2.75) is 12.8 Å². The van der Waals surface area contributed by atoms with Crippen molar-refractivity contribution in [1.29, 1.82) is 0 Å². The largest absolute Gasteiger partial charge is 0.481 e. The summed E-state index contributed by atoms with van der Waals surface area (Å²) in [6.07, 6.45) is 4.48. The Hall–Kier alpha value is -1.81. The minimum absolute atomic E-state index is 0.167. The molecule has 5 heteroatoms. The number of carbonyl (C=O) groups excluding carboxylic acids is 1. The fourth-order valence-electron chi connectivity index (χ4n) is 2.21. The molecule has 1 heterocycles. The molecule has 2 rings (SSSR count). The molecule has 1 N–H and O–H groups in total. The van der Waals surface area contributed by atoms with Gasteiger partial charge in [-0.1, -0.05) is 23.7 Å². The molecule has 4 nitrogen and oxygen atoms in total. The molecule has 1 radical (unpaired) electrons. The number of amides is 1. The number of carboxylic acids is 1. The predicted molar refractivity (Wildman–Crippen MR) is 76.3 cm³/mol. The standard InChI is InChI=1S/C15H15ClNO3/c16-13-5-1-3-11(9-13)6-7-14(18)17-8-2-4-12(10-17)15(19)20/h1,3,6-7,9,12H,2,4,8,10H2,(H,19,20)/b7-6+. The molecule has 1 saturated heterocycles. The topological polar surface area (TPSA) is 57.6 Å². The molecule has 1 amide bonds. The second-order valence-corrected chi connectivity index (χ2v) is 5.17. The monoisotopic (exact) mass is 292 g/mol. The van der Waals surface area contributed by atoms with Crippen LogP contribution < -0.4 is 0 Å². The smallest absolute Gasteiger partial charge is 0.308 e. The lowest BCUT2D eigenvalue weighted by molar-refractivity contribution is -0.144. The summed E-state index contributed by atoms with van der Waals surface area (Å²) < 4.78 is 0. The molecule has 105 valence electrons. The number of hydrogen-bond acceptors (Lipinski definition) is 2. The second-order valence-electron chi connectivity index (χ2n) is 4.76. The number of carbonyl (C=O) groups is 2. The Morgan fingerprint density at radius 3 is 3.00 bits per heavy atom. The molecule has 1 aromatic rings. The first-order chi connectivity index (χ1) is 9.56. The zero-order valence-electron chi connectivity index (χ0n) is 10.9. The van der Waals surface area contributed by atoms with Gasteiger partial charge in [0.1, 0.15) is 0 Å². The first-order valence-electron chi connectivity index (χ1n) is 6.43. The maximum atomic E-state index is 12.0. The third kappa shape index (κ3) is 3.84. The Morgan fingerprint density at radius 1 is 1.50 bits per heavy atom. The van der Waals surface area contributed by atoms with Gasteiger partial charge in [0.05, 0.1) is 5.92 Å². The lowest BCUT2D eigenvalue weighted by Gasteiger charge is -2.29. The molecular weight excluding hydrogens is 278 g/mol. The number of benzene rings is 1. The van der Waals surface area contributed by atoms with Gasteiger partial charge in [-0.05, 0) is 30.5 Å². The van der Waals surface area contributed by atoms with E-state index in [2.05, 4.69) is 6.07 Å². The van der Waals surface area contributed by atoms with Crippen LogP contribution in [0.25, 0.3) is 6.08 Å². The first-order valence-corrected chi connectivity index (χ1v) is 6.81. The maximum Gasteiger partial charge on any atom is 0.308 e. The molecule has 0 saturated carbocycles. The van der Waals surface area contributed by atoms with Crippen molar-refractivity contribution in [1.82, 2.24) is 4.90 Å². The van der Waals surface area contributed by atoms with Gasteiger partial charge in [0.15, 0.2) is 0 Å². The van der Waals surface area contributed by atoms with Crippen LogP contribution in [0.2, 0.25) is 5.02 Å². The molecule has 1 aromatic carbocycles.